The Morgan fingerprint density at radius 2 is 1.66 bits per heavy atom. The predicted molar refractivity (Wildman–Crippen MR) is 125 cm³/mol. The summed E-state index contributed by atoms with van der Waals surface area (Å²) in [5.74, 6) is 0.518. The van der Waals surface area contributed by atoms with Crippen molar-refractivity contribution in [3.05, 3.63) is 43.1 Å². The molecule has 2 fully saturated rings. The van der Waals surface area contributed by atoms with Crippen LogP contribution in [0.2, 0.25) is 0 Å². The van der Waals surface area contributed by atoms with Gasteiger partial charge in [0.2, 0.25) is 5.88 Å². The number of nitrogens with one attached hydrogen (secondary N) is 1. The van der Waals surface area contributed by atoms with Crippen molar-refractivity contribution in [1.82, 2.24) is 30.5 Å². The van der Waals surface area contributed by atoms with Crippen molar-refractivity contribution in [2.75, 3.05) is 0 Å². The van der Waals surface area contributed by atoms with Crippen molar-refractivity contribution in [2.45, 2.75) is 56.7 Å². The highest BCUT2D eigenvalue weighted by Crippen LogP contribution is 2.43. The first-order chi connectivity index (χ1) is 14.4. The lowest BCUT2D eigenvalue weighted by Crippen LogP contribution is -2.56. The van der Waals surface area contributed by atoms with E-state index in [0.29, 0.717) is 17.3 Å². The van der Waals surface area contributed by atoms with Gasteiger partial charge in [0.15, 0.2) is 0 Å². The zero-order chi connectivity index (χ0) is 20.8. The van der Waals surface area contributed by atoms with E-state index in [4.69, 9.17) is 4.74 Å². The molecule has 0 aliphatic carbocycles. The van der Waals surface area contributed by atoms with Crippen molar-refractivity contribution >= 4 is 24.8 Å². The molecule has 2 aliphatic rings. The monoisotopic (exact) mass is 476 g/mol. The Kier molecular flexibility index (Phi) is 6.88. The summed E-state index contributed by atoms with van der Waals surface area (Å²) in [5, 5.41) is 22.7. The van der Waals surface area contributed by atoms with Crippen LogP contribution < -0.4 is 10.1 Å². The molecule has 2 aliphatic heterocycles. The highest BCUT2D eigenvalue weighted by atomic mass is 35.5. The van der Waals surface area contributed by atoms with E-state index < -0.39 is 0 Å². The molecule has 2 saturated heterocycles. The van der Waals surface area contributed by atoms with E-state index in [2.05, 4.69) is 44.3 Å². The normalized spacial score (nSPS) is 26.0. The standard InChI is InChI=1S/C22H24N6O2.2ClH/c1-21-5-6-22(2,28-21)9-16(8-21)30-19-4-3-17(26-27-19)20-18(29)7-14(12-25-20)15-10-23-13-24-11-15;;/h3-4,7,10-13,16,28-29H,5-6,8-9H2,1-2H3;2*1H/t16-,21+,22-;;. The minimum absolute atomic E-state index is 0. The molecule has 2 bridgehead atoms. The van der Waals surface area contributed by atoms with Gasteiger partial charge in [-0.05, 0) is 38.8 Å². The number of nitrogens with zero attached hydrogens (tertiary/aromatic N) is 5. The van der Waals surface area contributed by atoms with Crippen molar-refractivity contribution in [2.24, 2.45) is 0 Å². The lowest BCUT2D eigenvalue weighted by atomic mass is 9.86. The van der Waals surface area contributed by atoms with E-state index in [1.54, 1.807) is 36.8 Å². The van der Waals surface area contributed by atoms with Gasteiger partial charge in [-0.25, -0.2) is 15.0 Å². The summed E-state index contributed by atoms with van der Waals surface area (Å²) in [6.45, 7) is 4.53. The van der Waals surface area contributed by atoms with Crippen LogP contribution in [0, 0.1) is 0 Å². The molecule has 3 aromatic rings. The summed E-state index contributed by atoms with van der Waals surface area (Å²) < 4.78 is 6.15. The third-order valence-electron chi connectivity index (χ3n) is 6.12. The van der Waals surface area contributed by atoms with E-state index in [0.717, 1.165) is 24.0 Å². The van der Waals surface area contributed by atoms with Crippen LogP contribution in [0.25, 0.3) is 22.5 Å². The lowest BCUT2D eigenvalue weighted by Gasteiger charge is -2.41. The average Bonchev–Trinajstić information content (AvgIpc) is 2.96. The maximum absolute atomic E-state index is 10.4. The first-order valence-electron chi connectivity index (χ1n) is 10.2. The minimum Gasteiger partial charge on any atom is -0.506 e. The van der Waals surface area contributed by atoms with Gasteiger partial charge in [-0.3, -0.25) is 0 Å². The highest BCUT2D eigenvalue weighted by molar-refractivity contribution is 5.85. The number of hydrogen-bond acceptors (Lipinski definition) is 8. The first-order valence-corrected chi connectivity index (χ1v) is 10.2. The predicted octanol–water partition coefficient (Wildman–Crippen LogP) is 3.99. The summed E-state index contributed by atoms with van der Waals surface area (Å²) in [6, 6.07) is 5.19. The van der Waals surface area contributed by atoms with Crippen LogP contribution in [0.5, 0.6) is 11.6 Å². The van der Waals surface area contributed by atoms with Crippen LogP contribution in [-0.4, -0.2) is 47.4 Å². The Morgan fingerprint density at radius 3 is 2.25 bits per heavy atom. The van der Waals surface area contributed by atoms with E-state index in [-0.39, 0.29) is 47.7 Å². The fourth-order valence-corrected chi connectivity index (χ4v) is 4.81. The molecule has 2 N–H and O–H groups in total. The molecule has 5 heterocycles. The molecule has 32 heavy (non-hydrogen) atoms. The number of rotatable bonds is 4. The lowest BCUT2D eigenvalue weighted by molar-refractivity contribution is 0.0754. The van der Waals surface area contributed by atoms with Gasteiger partial charge in [-0.1, -0.05) is 0 Å². The zero-order valence-corrected chi connectivity index (χ0v) is 19.5. The summed E-state index contributed by atoms with van der Waals surface area (Å²) >= 11 is 0. The van der Waals surface area contributed by atoms with Crippen molar-refractivity contribution in [1.29, 1.82) is 0 Å². The third kappa shape index (κ3) is 4.77. The Hall–Kier alpha value is -2.55. The smallest absolute Gasteiger partial charge is 0.233 e. The maximum Gasteiger partial charge on any atom is 0.233 e. The zero-order valence-electron chi connectivity index (χ0n) is 17.9. The van der Waals surface area contributed by atoms with E-state index in [9.17, 15) is 5.11 Å². The summed E-state index contributed by atoms with van der Waals surface area (Å²) in [6.07, 6.45) is 10.8. The van der Waals surface area contributed by atoms with Gasteiger partial charge in [-0.2, -0.15) is 0 Å². The molecule has 0 amide bonds. The fraction of sp³-hybridized carbons (Fsp3) is 0.409. The molecule has 0 aromatic carbocycles. The van der Waals surface area contributed by atoms with Gasteiger partial charge in [0.25, 0.3) is 0 Å². The molecule has 0 spiro atoms. The number of ether oxygens (including phenoxy) is 1. The molecule has 0 unspecified atom stereocenters. The Morgan fingerprint density at radius 1 is 0.969 bits per heavy atom. The molecule has 170 valence electrons. The summed E-state index contributed by atoms with van der Waals surface area (Å²) in [4.78, 5) is 12.3. The van der Waals surface area contributed by atoms with Crippen LogP contribution in [0.15, 0.2) is 43.1 Å². The number of hydrogen-bond donors (Lipinski definition) is 2. The van der Waals surface area contributed by atoms with Crippen molar-refractivity contribution in [3.63, 3.8) is 0 Å². The topological polar surface area (TPSA) is 106 Å². The van der Waals surface area contributed by atoms with Crippen LogP contribution in [0.4, 0.5) is 0 Å². The second-order valence-corrected chi connectivity index (χ2v) is 8.87. The molecule has 3 atom stereocenters. The molecule has 0 radical (unpaired) electrons. The number of aromatic nitrogens is 5. The number of halogens is 2. The number of piperidine rings is 1. The molecule has 3 aromatic heterocycles. The highest BCUT2D eigenvalue weighted by Gasteiger charge is 2.49. The second kappa shape index (κ2) is 9.13. The molecule has 10 heteroatoms. The van der Waals surface area contributed by atoms with Crippen LogP contribution in [-0.2, 0) is 0 Å². The third-order valence-corrected chi connectivity index (χ3v) is 6.12. The summed E-state index contributed by atoms with van der Waals surface area (Å²) in [5.41, 5.74) is 2.63. The van der Waals surface area contributed by atoms with E-state index >= 15 is 0 Å². The van der Waals surface area contributed by atoms with Gasteiger partial charge < -0.3 is 15.2 Å². The first kappa shape index (κ1) is 24.1. The molecular formula is C22H26Cl2N6O2. The number of pyridine rings is 1. The number of aromatic hydroxyl groups is 1. The van der Waals surface area contributed by atoms with Crippen LogP contribution in [0.3, 0.4) is 0 Å². The largest absolute Gasteiger partial charge is 0.506 e. The van der Waals surface area contributed by atoms with E-state index in [1.807, 2.05) is 0 Å². The Balaban J connectivity index is 0.00000144. The van der Waals surface area contributed by atoms with Gasteiger partial charge in [0.05, 0.1) is 0 Å². The maximum atomic E-state index is 10.4. The summed E-state index contributed by atoms with van der Waals surface area (Å²) in [7, 11) is 0. The Labute approximate surface area is 199 Å². The fourth-order valence-electron chi connectivity index (χ4n) is 4.81. The van der Waals surface area contributed by atoms with Crippen molar-refractivity contribution in [3.8, 4) is 34.1 Å². The van der Waals surface area contributed by atoms with Crippen molar-refractivity contribution < 1.29 is 9.84 Å². The molecule has 0 saturated carbocycles. The molecule has 5 rings (SSSR count). The number of fused-ring (bicyclic) bond motifs is 2. The molecule has 8 nitrogen and oxygen atoms in total. The second-order valence-electron chi connectivity index (χ2n) is 8.87. The van der Waals surface area contributed by atoms with Gasteiger partial charge in [0, 0.05) is 59.7 Å². The van der Waals surface area contributed by atoms with Crippen LogP contribution >= 0.6 is 24.8 Å². The average molecular weight is 477 g/mol. The van der Waals surface area contributed by atoms with E-state index in [1.165, 1.54) is 19.2 Å². The van der Waals surface area contributed by atoms with Gasteiger partial charge in [-0.15, -0.1) is 35.0 Å². The molecular weight excluding hydrogens is 451 g/mol. The SMILES string of the molecule is C[C@]12CC[C@](C)(C[C@H](Oc3ccc(-c4ncc(-c5cncnc5)cc4O)nn3)C1)N2.Cl.Cl. The quantitative estimate of drug-likeness (QED) is 0.581. The Bertz CT molecular complexity index is 1050. The van der Waals surface area contributed by atoms with Gasteiger partial charge >= 0.3 is 0 Å². The van der Waals surface area contributed by atoms with Crippen LogP contribution in [0.1, 0.15) is 39.5 Å². The minimum atomic E-state index is 0. The van der Waals surface area contributed by atoms with Gasteiger partial charge in [0.1, 0.15) is 29.6 Å².